The van der Waals surface area contributed by atoms with Gasteiger partial charge < -0.3 is 0 Å². The minimum absolute atomic E-state index is 0.148. The molecule has 4 rings (SSSR count). The van der Waals surface area contributed by atoms with Crippen LogP contribution in [0.4, 0.5) is 0 Å². The van der Waals surface area contributed by atoms with Crippen LogP contribution in [0.15, 0.2) is 70.7 Å². The van der Waals surface area contributed by atoms with Crippen LogP contribution in [-0.2, 0) is 0 Å². The molecule has 0 aromatic heterocycles. The number of ketones is 2. The van der Waals surface area contributed by atoms with Crippen molar-refractivity contribution in [1.82, 2.24) is 0 Å². The van der Waals surface area contributed by atoms with Gasteiger partial charge in [-0.15, -0.1) is 0 Å². The van der Waals surface area contributed by atoms with E-state index in [1.165, 1.54) is 0 Å². The van der Waals surface area contributed by atoms with Gasteiger partial charge in [0.15, 0.2) is 0 Å². The molecule has 0 heterocycles. The standard InChI is InChI=1S/C20H10Cl2O2/c21-17-9-15(11-5-1-3-7-13(11)19(17)23)16-10-18(22)20(24)14-8-4-2-6-12(14)16/h1-10H/b16-15-. The molecule has 0 radical (unpaired) electrons. The summed E-state index contributed by atoms with van der Waals surface area (Å²) >= 11 is 12.3. The maximum Gasteiger partial charge on any atom is 0.205 e. The van der Waals surface area contributed by atoms with Crippen molar-refractivity contribution in [2.45, 2.75) is 0 Å². The molecule has 0 aliphatic heterocycles. The third-order valence-corrected chi connectivity index (χ3v) is 4.75. The number of benzene rings is 2. The van der Waals surface area contributed by atoms with Gasteiger partial charge in [0.2, 0.25) is 11.6 Å². The zero-order valence-corrected chi connectivity index (χ0v) is 13.9. The van der Waals surface area contributed by atoms with Crippen LogP contribution in [0.2, 0.25) is 0 Å². The van der Waals surface area contributed by atoms with Crippen LogP contribution in [0.3, 0.4) is 0 Å². The van der Waals surface area contributed by atoms with Gasteiger partial charge >= 0.3 is 0 Å². The van der Waals surface area contributed by atoms with Gasteiger partial charge in [-0.3, -0.25) is 9.59 Å². The van der Waals surface area contributed by atoms with Gasteiger partial charge in [-0.1, -0.05) is 71.7 Å². The van der Waals surface area contributed by atoms with Crippen molar-refractivity contribution < 1.29 is 9.59 Å². The maximum absolute atomic E-state index is 12.3. The van der Waals surface area contributed by atoms with Crippen molar-refractivity contribution in [1.29, 1.82) is 0 Å². The number of hydrogen-bond donors (Lipinski definition) is 0. The van der Waals surface area contributed by atoms with Crippen molar-refractivity contribution in [3.8, 4) is 0 Å². The summed E-state index contributed by atoms with van der Waals surface area (Å²) in [5.41, 5.74) is 4.23. The summed E-state index contributed by atoms with van der Waals surface area (Å²) in [5, 5.41) is 0.296. The van der Waals surface area contributed by atoms with Crippen molar-refractivity contribution in [2.75, 3.05) is 0 Å². The Kier molecular flexibility index (Phi) is 3.52. The normalized spacial score (nSPS) is 19.4. The zero-order valence-electron chi connectivity index (χ0n) is 12.3. The fraction of sp³-hybridized carbons (Fsp3) is 0. The molecule has 0 spiro atoms. The molecule has 0 amide bonds. The Morgan fingerprint density at radius 3 is 1.25 bits per heavy atom. The number of carbonyl (C=O) groups is 2. The molecule has 2 aromatic rings. The summed E-state index contributed by atoms with van der Waals surface area (Å²) in [4.78, 5) is 24.6. The highest BCUT2D eigenvalue weighted by atomic mass is 35.5. The van der Waals surface area contributed by atoms with E-state index in [2.05, 4.69) is 0 Å². The van der Waals surface area contributed by atoms with Crippen LogP contribution in [-0.4, -0.2) is 11.6 Å². The van der Waals surface area contributed by atoms with E-state index >= 15 is 0 Å². The van der Waals surface area contributed by atoms with E-state index < -0.39 is 0 Å². The molecule has 0 unspecified atom stereocenters. The average molecular weight is 353 g/mol. The molecule has 0 saturated carbocycles. The predicted octanol–water partition coefficient (Wildman–Crippen LogP) is 5.24. The van der Waals surface area contributed by atoms with Crippen LogP contribution in [0.1, 0.15) is 31.8 Å². The first-order chi connectivity index (χ1) is 11.6. The molecular weight excluding hydrogens is 343 g/mol. The van der Waals surface area contributed by atoms with Gasteiger partial charge in [-0.05, 0) is 34.4 Å². The summed E-state index contributed by atoms with van der Waals surface area (Å²) in [6.45, 7) is 0. The molecule has 2 aromatic carbocycles. The second kappa shape index (κ2) is 5.59. The maximum atomic E-state index is 12.3. The van der Waals surface area contributed by atoms with Crippen LogP contribution < -0.4 is 0 Å². The molecule has 2 aliphatic carbocycles. The molecule has 2 nitrogen and oxygen atoms in total. The van der Waals surface area contributed by atoms with E-state index in [4.69, 9.17) is 23.2 Å². The largest absolute Gasteiger partial charge is 0.288 e. The highest BCUT2D eigenvalue weighted by Gasteiger charge is 2.28. The number of fused-ring (bicyclic) bond motifs is 2. The second-order valence-corrected chi connectivity index (χ2v) is 6.38. The van der Waals surface area contributed by atoms with Crippen LogP contribution in [0.5, 0.6) is 0 Å². The molecular formula is C20H10Cl2O2. The minimum atomic E-state index is -0.202. The molecule has 0 saturated heterocycles. The average Bonchev–Trinajstić information content (AvgIpc) is 2.61. The molecule has 0 bridgehead atoms. The zero-order chi connectivity index (χ0) is 16.8. The van der Waals surface area contributed by atoms with Gasteiger partial charge in [0, 0.05) is 11.1 Å². The molecule has 0 fully saturated rings. The van der Waals surface area contributed by atoms with E-state index in [0.29, 0.717) is 11.1 Å². The summed E-state index contributed by atoms with van der Waals surface area (Å²) in [6.07, 6.45) is 3.30. The molecule has 24 heavy (non-hydrogen) atoms. The first-order valence-corrected chi connectivity index (χ1v) is 8.10. The van der Waals surface area contributed by atoms with Crippen LogP contribution >= 0.6 is 23.2 Å². The van der Waals surface area contributed by atoms with Crippen molar-refractivity contribution >= 4 is 45.9 Å². The van der Waals surface area contributed by atoms with Gasteiger partial charge in [-0.25, -0.2) is 0 Å². The fourth-order valence-electron chi connectivity index (χ4n) is 3.07. The first kappa shape index (κ1) is 15.1. The molecule has 116 valence electrons. The monoisotopic (exact) mass is 352 g/mol. The third-order valence-electron chi connectivity index (χ3n) is 4.19. The van der Waals surface area contributed by atoms with Crippen LogP contribution in [0.25, 0.3) is 11.1 Å². The Bertz CT molecular complexity index is 928. The van der Waals surface area contributed by atoms with E-state index in [1.54, 1.807) is 36.4 Å². The number of hydrogen-bond acceptors (Lipinski definition) is 2. The summed E-state index contributed by atoms with van der Waals surface area (Å²) in [7, 11) is 0. The lowest BCUT2D eigenvalue weighted by atomic mass is 9.82. The number of carbonyl (C=O) groups excluding carboxylic acids is 2. The Morgan fingerprint density at radius 1 is 0.542 bits per heavy atom. The van der Waals surface area contributed by atoms with Crippen molar-refractivity contribution in [3.63, 3.8) is 0 Å². The van der Waals surface area contributed by atoms with Crippen LogP contribution in [0, 0.1) is 0 Å². The number of halogens is 2. The number of Topliss-reactive ketones (excluding diaryl/α,β-unsaturated/α-hetero) is 2. The van der Waals surface area contributed by atoms with Crippen molar-refractivity contribution in [3.05, 3.63) is 93.0 Å². The number of rotatable bonds is 0. The minimum Gasteiger partial charge on any atom is -0.288 e. The Labute approximate surface area is 148 Å². The van der Waals surface area contributed by atoms with Gasteiger partial charge in [0.25, 0.3) is 0 Å². The Hall–Kier alpha value is -2.42. The predicted molar refractivity (Wildman–Crippen MR) is 96.2 cm³/mol. The van der Waals surface area contributed by atoms with E-state index in [-0.39, 0.29) is 21.6 Å². The van der Waals surface area contributed by atoms with E-state index in [0.717, 1.165) is 22.3 Å². The number of allylic oxidation sites excluding steroid dienone is 6. The summed E-state index contributed by atoms with van der Waals surface area (Å²) in [6, 6.07) is 14.6. The van der Waals surface area contributed by atoms with Gasteiger partial charge in [0.1, 0.15) is 0 Å². The second-order valence-electron chi connectivity index (χ2n) is 5.56. The smallest absolute Gasteiger partial charge is 0.205 e. The molecule has 0 N–H and O–H groups in total. The Balaban J connectivity index is 2.10. The van der Waals surface area contributed by atoms with E-state index in [9.17, 15) is 9.59 Å². The topological polar surface area (TPSA) is 34.1 Å². The lowest BCUT2D eigenvalue weighted by Crippen LogP contribution is -2.12. The highest BCUT2D eigenvalue weighted by Crippen LogP contribution is 2.40. The summed E-state index contributed by atoms with van der Waals surface area (Å²) in [5.74, 6) is -0.404. The lowest BCUT2D eigenvalue weighted by molar-refractivity contribution is 0.103. The van der Waals surface area contributed by atoms with E-state index in [1.807, 2.05) is 24.3 Å². The van der Waals surface area contributed by atoms with Gasteiger partial charge in [0.05, 0.1) is 10.1 Å². The molecule has 2 aliphatic rings. The van der Waals surface area contributed by atoms with Gasteiger partial charge in [-0.2, -0.15) is 0 Å². The van der Waals surface area contributed by atoms with Crippen molar-refractivity contribution in [2.24, 2.45) is 0 Å². The Morgan fingerprint density at radius 2 is 0.875 bits per heavy atom. The molecule has 4 heteroatoms. The fourth-order valence-corrected chi connectivity index (χ4v) is 3.50. The SMILES string of the molecule is O=C1C(Cl)=C/C(=C2\C=C(Cl)C(=O)c3ccccc32)c2ccccc21. The first-order valence-electron chi connectivity index (χ1n) is 7.35. The highest BCUT2D eigenvalue weighted by molar-refractivity contribution is 6.49. The third kappa shape index (κ3) is 2.19. The molecule has 0 atom stereocenters. The summed E-state index contributed by atoms with van der Waals surface area (Å²) < 4.78 is 0. The lowest BCUT2D eigenvalue weighted by Gasteiger charge is -2.22. The quantitative estimate of drug-likeness (QED) is 0.649.